The lowest BCUT2D eigenvalue weighted by Gasteiger charge is -2.30. The minimum atomic E-state index is 0.0458. The first kappa shape index (κ1) is 16.4. The number of fused-ring (bicyclic) bond motifs is 1. The van der Waals surface area contributed by atoms with E-state index in [-0.39, 0.29) is 11.0 Å². The molecule has 1 aliphatic carbocycles. The summed E-state index contributed by atoms with van der Waals surface area (Å²) in [5, 5.41) is 19.6. The Hall–Kier alpha value is -2.43. The van der Waals surface area contributed by atoms with E-state index in [1.807, 2.05) is 18.2 Å². The lowest BCUT2D eigenvalue weighted by molar-refractivity contribution is 0.354. The Bertz CT molecular complexity index is 844. The zero-order chi connectivity index (χ0) is 17.3. The smallest absolute Gasteiger partial charge is 0.132 e. The molecule has 0 unspecified atom stereocenters. The highest BCUT2D eigenvalue weighted by Gasteiger charge is 2.28. The Balaban J connectivity index is 2.00. The first-order chi connectivity index (χ1) is 11.4. The average molecular weight is 333 g/mol. The molecular weight excluding hydrogens is 314 g/mol. The molecule has 0 fully saturated rings. The van der Waals surface area contributed by atoms with E-state index < -0.39 is 0 Å². The van der Waals surface area contributed by atoms with Gasteiger partial charge in [0.25, 0.3) is 0 Å². The second-order valence-electron chi connectivity index (χ2n) is 6.97. The monoisotopic (exact) mass is 333 g/mol. The van der Waals surface area contributed by atoms with Crippen molar-refractivity contribution in [2.45, 2.75) is 31.6 Å². The molecule has 4 heteroatoms. The van der Waals surface area contributed by atoms with Crippen LogP contribution in [0.25, 0.3) is 0 Å². The zero-order valence-electron chi connectivity index (χ0n) is 14.1. The van der Waals surface area contributed by atoms with E-state index >= 15 is 0 Å². The predicted molar refractivity (Wildman–Crippen MR) is 98.1 cm³/mol. The summed E-state index contributed by atoms with van der Waals surface area (Å²) in [6, 6.07) is 12.4. The Kier molecular flexibility index (Phi) is 4.26. The standard InChI is InChI=1S/C20H19N3S/c1-20(2)10-14(8-15(11-20)16(12-21)13-22)9-19-23(3)17-6-4-5-7-18(17)24-19/h4-9H,10-11H2,1-3H3/b19-9-. The van der Waals surface area contributed by atoms with Crippen molar-refractivity contribution in [1.82, 2.24) is 0 Å². The van der Waals surface area contributed by atoms with Gasteiger partial charge in [0.15, 0.2) is 0 Å². The fraction of sp³-hybridized carbons (Fsp3) is 0.300. The zero-order valence-corrected chi connectivity index (χ0v) is 14.9. The van der Waals surface area contributed by atoms with E-state index in [0.29, 0.717) is 0 Å². The van der Waals surface area contributed by atoms with Gasteiger partial charge < -0.3 is 4.90 Å². The summed E-state index contributed by atoms with van der Waals surface area (Å²) in [6.07, 6.45) is 5.92. The van der Waals surface area contributed by atoms with Gasteiger partial charge in [-0.2, -0.15) is 10.5 Å². The molecule has 0 bridgehead atoms. The number of hydrogen-bond donors (Lipinski definition) is 0. The van der Waals surface area contributed by atoms with Crippen LogP contribution in [0, 0.1) is 28.1 Å². The fourth-order valence-electron chi connectivity index (χ4n) is 3.28. The van der Waals surface area contributed by atoms with Gasteiger partial charge in [-0.05, 0) is 47.6 Å². The first-order valence-electron chi connectivity index (χ1n) is 7.90. The summed E-state index contributed by atoms with van der Waals surface area (Å²) in [7, 11) is 2.08. The molecule has 3 rings (SSSR count). The van der Waals surface area contributed by atoms with Gasteiger partial charge in [-0.3, -0.25) is 0 Å². The van der Waals surface area contributed by atoms with Gasteiger partial charge in [0, 0.05) is 11.9 Å². The van der Waals surface area contributed by atoms with Crippen molar-refractivity contribution >= 4 is 17.4 Å². The van der Waals surface area contributed by atoms with E-state index in [9.17, 15) is 10.5 Å². The SMILES string of the molecule is CN1/C(=C/C2=CC(=C(C#N)C#N)CC(C)(C)C2)Sc2ccccc21. The van der Waals surface area contributed by atoms with Crippen molar-refractivity contribution in [3.63, 3.8) is 0 Å². The van der Waals surface area contributed by atoms with Gasteiger partial charge >= 0.3 is 0 Å². The van der Waals surface area contributed by atoms with Crippen LogP contribution in [0.1, 0.15) is 26.7 Å². The lowest BCUT2D eigenvalue weighted by Crippen LogP contribution is -2.18. The molecule has 1 heterocycles. The molecule has 1 aromatic rings. The Morgan fingerprint density at radius 1 is 1.21 bits per heavy atom. The molecule has 0 saturated heterocycles. The van der Waals surface area contributed by atoms with Gasteiger partial charge in [-0.15, -0.1) is 0 Å². The van der Waals surface area contributed by atoms with Crippen molar-refractivity contribution in [2.75, 3.05) is 11.9 Å². The fourth-order valence-corrected chi connectivity index (χ4v) is 4.41. The molecule has 1 aliphatic heterocycles. The maximum Gasteiger partial charge on any atom is 0.132 e. The molecule has 0 N–H and O–H groups in total. The topological polar surface area (TPSA) is 50.8 Å². The van der Waals surface area contributed by atoms with Crippen LogP contribution in [-0.4, -0.2) is 7.05 Å². The highest BCUT2D eigenvalue weighted by atomic mass is 32.2. The molecule has 0 aromatic heterocycles. The summed E-state index contributed by atoms with van der Waals surface area (Å²) in [4.78, 5) is 3.45. The highest BCUT2D eigenvalue weighted by Crippen LogP contribution is 2.47. The van der Waals surface area contributed by atoms with Crippen LogP contribution < -0.4 is 4.90 Å². The Morgan fingerprint density at radius 3 is 2.58 bits per heavy atom. The molecule has 1 aromatic carbocycles. The van der Waals surface area contributed by atoms with Gasteiger partial charge in [0.1, 0.15) is 17.7 Å². The predicted octanol–water partition coefficient (Wildman–Crippen LogP) is 5.16. The molecule has 0 saturated carbocycles. The molecule has 2 aliphatic rings. The Labute approximate surface area is 147 Å². The van der Waals surface area contributed by atoms with Crippen LogP contribution in [-0.2, 0) is 0 Å². The normalized spacial score (nSPS) is 20.2. The minimum absolute atomic E-state index is 0.0458. The molecule has 24 heavy (non-hydrogen) atoms. The van der Waals surface area contributed by atoms with Crippen molar-refractivity contribution in [3.8, 4) is 12.1 Å². The Morgan fingerprint density at radius 2 is 1.92 bits per heavy atom. The van der Waals surface area contributed by atoms with Gasteiger partial charge in [0.2, 0.25) is 0 Å². The molecular formula is C20H19N3S. The van der Waals surface area contributed by atoms with Gasteiger partial charge in [0.05, 0.1) is 10.7 Å². The van der Waals surface area contributed by atoms with Crippen LogP contribution in [0.5, 0.6) is 0 Å². The molecule has 0 atom stereocenters. The van der Waals surface area contributed by atoms with Crippen molar-refractivity contribution < 1.29 is 0 Å². The highest BCUT2D eigenvalue weighted by molar-refractivity contribution is 8.03. The number of allylic oxidation sites excluding steroid dienone is 5. The number of benzene rings is 1. The maximum atomic E-state index is 9.19. The minimum Gasteiger partial charge on any atom is -0.338 e. The van der Waals surface area contributed by atoms with Gasteiger partial charge in [-0.25, -0.2) is 0 Å². The third-order valence-electron chi connectivity index (χ3n) is 4.34. The van der Waals surface area contributed by atoms with E-state index in [4.69, 9.17) is 0 Å². The summed E-state index contributed by atoms with van der Waals surface area (Å²) in [6.45, 7) is 4.37. The number of nitriles is 2. The largest absolute Gasteiger partial charge is 0.338 e. The van der Waals surface area contributed by atoms with E-state index in [0.717, 1.165) is 18.4 Å². The summed E-state index contributed by atoms with van der Waals surface area (Å²) >= 11 is 1.76. The summed E-state index contributed by atoms with van der Waals surface area (Å²) in [5.41, 5.74) is 3.52. The van der Waals surface area contributed by atoms with E-state index in [1.54, 1.807) is 11.8 Å². The molecule has 120 valence electrons. The quantitative estimate of drug-likeness (QED) is 0.666. The summed E-state index contributed by atoms with van der Waals surface area (Å²) in [5.74, 6) is 0. The third kappa shape index (κ3) is 3.11. The van der Waals surface area contributed by atoms with E-state index in [1.165, 1.54) is 21.2 Å². The summed E-state index contributed by atoms with van der Waals surface area (Å²) < 4.78 is 0. The number of anilines is 1. The number of nitrogens with zero attached hydrogens (tertiary/aromatic N) is 3. The van der Waals surface area contributed by atoms with Crippen LogP contribution >= 0.6 is 11.8 Å². The van der Waals surface area contributed by atoms with Crippen molar-refractivity contribution in [2.24, 2.45) is 5.41 Å². The third-order valence-corrected chi connectivity index (χ3v) is 5.50. The van der Waals surface area contributed by atoms with Gasteiger partial charge in [-0.1, -0.05) is 43.8 Å². The number of para-hydroxylation sites is 1. The number of thioether (sulfide) groups is 1. The molecule has 0 spiro atoms. The van der Waals surface area contributed by atoms with Crippen molar-refractivity contribution in [3.05, 3.63) is 58.2 Å². The second kappa shape index (κ2) is 6.23. The number of hydrogen-bond acceptors (Lipinski definition) is 4. The average Bonchev–Trinajstić information content (AvgIpc) is 2.84. The van der Waals surface area contributed by atoms with Crippen LogP contribution in [0.3, 0.4) is 0 Å². The molecule has 3 nitrogen and oxygen atoms in total. The second-order valence-corrected chi connectivity index (χ2v) is 8.03. The van der Waals surface area contributed by atoms with Crippen LogP contribution in [0.15, 0.2) is 63.1 Å². The molecule has 0 radical (unpaired) electrons. The van der Waals surface area contributed by atoms with E-state index in [2.05, 4.69) is 56.1 Å². The van der Waals surface area contributed by atoms with Crippen LogP contribution in [0.4, 0.5) is 5.69 Å². The van der Waals surface area contributed by atoms with Crippen molar-refractivity contribution in [1.29, 1.82) is 10.5 Å². The maximum absolute atomic E-state index is 9.19. The van der Waals surface area contributed by atoms with Crippen LogP contribution in [0.2, 0.25) is 0 Å². The molecule has 0 amide bonds. The first-order valence-corrected chi connectivity index (χ1v) is 8.71. The number of rotatable bonds is 1. The lowest BCUT2D eigenvalue weighted by atomic mass is 9.74.